The van der Waals surface area contributed by atoms with Gasteiger partial charge in [-0.05, 0) is 56.0 Å². The first-order valence-electron chi connectivity index (χ1n) is 8.77. The summed E-state index contributed by atoms with van der Waals surface area (Å²) < 4.78 is 0. The van der Waals surface area contributed by atoms with Crippen molar-refractivity contribution in [3.8, 4) is 0 Å². The number of aromatic nitrogens is 2. The Bertz CT molecular complexity index is 739. The Morgan fingerprint density at radius 2 is 1.92 bits per heavy atom. The third-order valence-electron chi connectivity index (χ3n) is 4.75. The molecule has 4 N–H and O–H groups in total. The summed E-state index contributed by atoms with van der Waals surface area (Å²) in [6.07, 6.45) is 4.52. The first kappa shape index (κ1) is 17.7. The molecule has 0 spiro atoms. The average Bonchev–Trinajstić information content (AvgIpc) is 2.60. The molecule has 0 amide bonds. The molecule has 0 atom stereocenters. The summed E-state index contributed by atoms with van der Waals surface area (Å²) in [5, 5.41) is 8.08. The third kappa shape index (κ3) is 4.48. The van der Waals surface area contributed by atoms with Crippen LogP contribution in [0.1, 0.15) is 25.7 Å². The van der Waals surface area contributed by atoms with Crippen LogP contribution in [0.15, 0.2) is 24.3 Å². The minimum atomic E-state index is 0.390. The van der Waals surface area contributed by atoms with Gasteiger partial charge in [-0.25, -0.2) is 4.98 Å². The highest BCUT2D eigenvalue weighted by atomic mass is 32.1. The molecular formula is C18H26N6S. The Morgan fingerprint density at radius 1 is 1.20 bits per heavy atom. The molecule has 1 fully saturated rings. The first-order valence-corrected chi connectivity index (χ1v) is 9.17. The van der Waals surface area contributed by atoms with E-state index >= 15 is 0 Å². The highest BCUT2D eigenvalue weighted by Gasteiger charge is 2.22. The highest BCUT2D eigenvalue weighted by molar-refractivity contribution is 7.80. The largest absolute Gasteiger partial charge is 0.376 e. The number of anilines is 2. The van der Waals surface area contributed by atoms with E-state index < -0.39 is 0 Å². The van der Waals surface area contributed by atoms with Gasteiger partial charge in [-0.15, -0.1) is 0 Å². The second kappa shape index (κ2) is 7.82. The van der Waals surface area contributed by atoms with Gasteiger partial charge in [-0.2, -0.15) is 4.98 Å². The number of benzene rings is 1. The van der Waals surface area contributed by atoms with Gasteiger partial charge in [-0.1, -0.05) is 12.1 Å². The smallest absolute Gasteiger partial charge is 0.225 e. The molecule has 0 aliphatic heterocycles. The zero-order valence-corrected chi connectivity index (χ0v) is 15.6. The van der Waals surface area contributed by atoms with E-state index in [1.54, 1.807) is 0 Å². The maximum atomic E-state index is 5.51. The molecule has 3 rings (SSSR count). The summed E-state index contributed by atoms with van der Waals surface area (Å²) in [6.45, 7) is 0.874. The predicted molar refractivity (Wildman–Crippen MR) is 108 cm³/mol. The number of nitrogens with two attached hydrogens (primary N) is 1. The zero-order valence-electron chi connectivity index (χ0n) is 14.8. The second-order valence-electron chi connectivity index (χ2n) is 6.89. The first-order chi connectivity index (χ1) is 12.0. The van der Waals surface area contributed by atoms with Gasteiger partial charge in [0.15, 0.2) is 5.11 Å². The van der Waals surface area contributed by atoms with Gasteiger partial charge in [0.2, 0.25) is 5.95 Å². The number of hydrogen-bond acceptors (Lipinski definition) is 5. The molecule has 25 heavy (non-hydrogen) atoms. The molecule has 0 saturated heterocycles. The molecular weight excluding hydrogens is 332 g/mol. The lowest BCUT2D eigenvalue weighted by Gasteiger charge is -2.29. The van der Waals surface area contributed by atoms with Crippen molar-refractivity contribution in [2.75, 3.05) is 30.9 Å². The SMILES string of the molecule is CN(C)c1nc(NC2CCC(CNC(N)=S)CC2)nc2ccccc12. The van der Waals surface area contributed by atoms with E-state index in [0.29, 0.717) is 23.0 Å². The van der Waals surface area contributed by atoms with Crippen LogP contribution in [-0.2, 0) is 0 Å². The summed E-state index contributed by atoms with van der Waals surface area (Å²) in [7, 11) is 4.03. The Balaban J connectivity index is 1.67. The van der Waals surface area contributed by atoms with E-state index in [1.165, 1.54) is 0 Å². The van der Waals surface area contributed by atoms with E-state index in [1.807, 2.05) is 37.2 Å². The maximum Gasteiger partial charge on any atom is 0.225 e. The van der Waals surface area contributed by atoms with Gasteiger partial charge in [0, 0.05) is 32.1 Å². The quantitative estimate of drug-likeness (QED) is 0.709. The summed E-state index contributed by atoms with van der Waals surface area (Å²) >= 11 is 4.88. The topological polar surface area (TPSA) is 79.1 Å². The van der Waals surface area contributed by atoms with Crippen LogP contribution >= 0.6 is 12.2 Å². The summed E-state index contributed by atoms with van der Waals surface area (Å²) in [5.74, 6) is 2.30. The lowest BCUT2D eigenvalue weighted by atomic mass is 9.86. The second-order valence-corrected chi connectivity index (χ2v) is 7.33. The molecule has 1 heterocycles. The van der Waals surface area contributed by atoms with Crippen LogP contribution in [-0.4, -0.2) is 41.8 Å². The van der Waals surface area contributed by atoms with Crippen LogP contribution < -0.4 is 21.3 Å². The number of para-hydroxylation sites is 1. The summed E-state index contributed by atoms with van der Waals surface area (Å²) in [5.41, 5.74) is 6.48. The van der Waals surface area contributed by atoms with Crippen LogP contribution in [0.3, 0.4) is 0 Å². The molecule has 1 saturated carbocycles. The van der Waals surface area contributed by atoms with Crippen LogP contribution in [0.4, 0.5) is 11.8 Å². The molecule has 134 valence electrons. The van der Waals surface area contributed by atoms with E-state index in [0.717, 1.165) is 48.9 Å². The Morgan fingerprint density at radius 3 is 2.60 bits per heavy atom. The van der Waals surface area contributed by atoms with Crippen molar-refractivity contribution >= 4 is 40.0 Å². The molecule has 1 aromatic heterocycles. The zero-order chi connectivity index (χ0) is 17.8. The van der Waals surface area contributed by atoms with E-state index in [4.69, 9.17) is 27.9 Å². The molecule has 2 aromatic rings. The lowest BCUT2D eigenvalue weighted by Crippen LogP contribution is -2.36. The fourth-order valence-corrected chi connectivity index (χ4v) is 3.49. The molecule has 0 radical (unpaired) electrons. The van der Waals surface area contributed by atoms with E-state index in [2.05, 4.69) is 16.7 Å². The fraction of sp³-hybridized carbons (Fsp3) is 0.500. The summed E-state index contributed by atoms with van der Waals surface area (Å²) in [4.78, 5) is 11.5. The Kier molecular flexibility index (Phi) is 5.53. The normalized spacial score (nSPS) is 20.2. The standard InChI is InChI=1S/C18H26N6S/c1-24(2)16-14-5-3-4-6-15(14)22-18(23-16)21-13-9-7-12(8-10-13)11-20-17(19)25/h3-6,12-13H,7-11H2,1-2H3,(H3,19,20,25)(H,21,22,23). The Hall–Kier alpha value is -2.15. The van der Waals surface area contributed by atoms with Crippen LogP contribution in [0.25, 0.3) is 10.9 Å². The van der Waals surface area contributed by atoms with E-state index in [9.17, 15) is 0 Å². The maximum absolute atomic E-state index is 5.51. The van der Waals surface area contributed by atoms with Crippen molar-refractivity contribution in [1.82, 2.24) is 15.3 Å². The average molecular weight is 359 g/mol. The fourth-order valence-electron chi connectivity index (χ4n) is 3.40. The van der Waals surface area contributed by atoms with Gasteiger partial charge < -0.3 is 21.3 Å². The lowest BCUT2D eigenvalue weighted by molar-refractivity contribution is 0.336. The molecule has 0 bridgehead atoms. The van der Waals surface area contributed by atoms with Crippen molar-refractivity contribution in [2.45, 2.75) is 31.7 Å². The molecule has 1 aliphatic carbocycles. The van der Waals surface area contributed by atoms with Crippen LogP contribution in [0, 0.1) is 5.92 Å². The van der Waals surface area contributed by atoms with Crippen molar-refractivity contribution < 1.29 is 0 Å². The number of nitrogens with zero attached hydrogens (tertiary/aromatic N) is 3. The van der Waals surface area contributed by atoms with Gasteiger partial charge in [0.05, 0.1) is 5.52 Å². The monoisotopic (exact) mass is 358 g/mol. The van der Waals surface area contributed by atoms with Crippen molar-refractivity contribution in [2.24, 2.45) is 11.7 Å². The number of hydrogen-bond donors (Lipinski definition) is 3. The van der Waals surface area contributed by atoms with Crippen molar-refractivity contribution in [1.29, 1.82) is 0 Å². The molecule has 0 unspecified atom stereocenters. The number of thiocarbonyl (C=S) groups is 1. The van der Waals surface area contributed by atoms with Crippen molar-refractivity contribution in [3.05, 3.63) is 24.3 Å². The third-order valence-corrected chi connectivity index (χ3v) is 4.90. The van der Waals surface area contributed by atoms with Gasteiger partial charge in [0.1, 0.15) is 5.82 Å². The number of rotatable bonds is 5. The highest BCUT2D eigenvalue weighted by Crippen LogP contribution is 2.28. The predicted octanol–water partition coefficient (Wildman–Crippen LogP) is 2.50. The van der Waals surface area contributed by atoms with Crippen molar-refractivity contribution in [3.63, 3.8) is 0 Å². The summed E-state index contributed by atoms with van der Waals surface area (Å²) in [6, 6.07) is 8.55. The van der Waals surface area contributed by atoms with Gasteiger partial charge in [-0.3, -0.25) is 0 Å². The van der Waals surface area contributed by atoms with E-state index in [-0.39, 0.29) is 0 Å². The number of nitrogens with one attached hydrogen (secondary N) is 2. The molecule has 1 aromatic carbocycles. The molecule has 7 heteroatoms. The Labute approximate surface area is 154 Å². The molecule has 1 aliphatic rings. The minimum Gasteiger partial charge on any atom is -0.376 e. The minimum absolute atomic E-state index is 0.390. The van der Waals surface area contributed by atoms with Gasteiger partial charge >= 0.3 is 0 Å². The number of fused-ring (bicyclic) bond motifs is 1. The molecule has 6 nitrogen and oxygen atoms in total. The van der Waals surface area contributed by atoms with Crippen LogP contribution in [0.5, 0.6) is 0 Å². The van der Waals surface area contributed by atoms with Gasteiger partial charge in [0.25, 0.3) is 0 Å². The van der Waals surface area contributed by atoms with Crippen LogP contribution in [0.2, 0.25) is 0 Å².